The maximum Gasteiger partial charge on any atom is 0.219 e. The predicted molar refractivity (Wildman–Crippen MR) is 66.5 cm³/mol. The average Bonchev–Trinajstić information content (AvgIpc) is 2.87. The number of nitrogens with one attached hydrogen (secondary N) is 1. The molecule has 3 nitrogen and oxygen atoms in total. The lowest BCUT2D eigenvalue weighted by molar-refractivity contribution is -0.127. The maximum absolute atomic E-state index is 11.2. The minimum Gasteiger partial charge on any atom is -0.341 e. The fourth-order valence-electron chi connectivity index (χ4n) is 2.16. The van der Waals surface area contributed by atoms with Gasteiger partial charge in [-0.3, -0.25) is 4.79 Å². The van der Waals surface area contributed by atoms with Crippen LogP contribution in [0.4, 0.5) is 0 Å². The van der Waals surface area contributed by atoms with Crippen LogP contribution in [-0.2, 0) is 4.79 Å². The van der Waals surface area contributed by atoms with Crippen LogP contribution in [0, 0.1) is 0 Å². The first kappa shape index (κ1) is 11.6. The Hall–Kier alpha value is -0.870. The molecule has 4 heteroatoms. The highest BCUT2D eigenvalue weighted by Gasteiger charge is 2.25. The molecule has 1 amide bonds. The summed E-state index contributed by atoms with van der Waals surface area (Å²) < 4.78 is 0. The van der Waals surface area contributed by atoms with Gasteiger partial charge in [0.05, 0.1) is 0 Å². The number of rotatable bonds is 3. The predicted octanol–water partition coefficient (Wildman–Crippen LogP) is 2.02. The molecule has 0 aromatic carbocycles. The fourth-order valence-corrected chi connectivity index (χ4v) is 2.90. The molecule has 1 N–H and O–H groups in total. The van der Waals surface area contributed by atoms with Gasteiger partial charge in [0.25, 0.3) is 0 Å². The van der Waals surface area contributed by atoms with Crippen molar-refractivity contribution < 1.29 is 4.79 Å². The van der Waals surface area contributed by atoms with Crippen LogP contribution < -0.4 is 5.32 Å². The molecule has 0 radical (unpaired) electrons. The second-order valence-electron chi connectivity index (χ2n) is 4.35. The van der Waals surface area contributed by atoms with Crippen molar-refractivity contribution in [1.29, 1.82) is 0 Å². The third-order valence-corrected chi connectivity index (χ3v) is 4.14. The molecule has 0 spiro atoms. The van der Waals surface area contributed by atoms with E-state index in [1.807, 2.05) is 4.90 Å². The molecule has 88 valence electrons. The van der Waals surface area contributed by atoms with Gasteiger partial charge in [-0.05, 0) is 24.8 Å². The van der Waals surface area contributed by atoms with Crippen molar-refractivity contribution in [2.24, 2.45) is 0 Å². The highest BCUT2D eigenvalue weighted by Crippen LogP contribution is 2.20. The van der Waals surface area contributed by atoms with E-state index in [9.17, 15) is 4.79 Å². The molecular weight excluding hydrogens is 220 g/mol. The van der Waals surface area contributed by atoms with Crippen molar-refractivity contribution in [2.45, 2.75) is 32.4 Å². The van der Waals surface area contributed by atoms with Crippen molar-refractivity contribution in [3.63, 3.8) is 0 Å². The van der Waals surface area contributed by atoms with E-state index in [0.717, 1.165) is 19.5 Å². The van der Waals surface area contributed by atoms with Gasteiger partial charge < -0.3 is 10.2 Å². The van der Waals surface area contributed by atoms with E-state index in [4.69, 9.17) is 0 Å². The van der Waals surface area contributed by atoms with Gasteiger partial charge in [-0.15, -0.1) is 11.3 Å². The third kappa shape index (κ3) is 2.62. The maximum atomic E-state index is 11.2. The van der Waals surface area contributed by atoms with Crippen molar-refractivity contribution >= 4 is 17.2 Å². The summed E-state index contributed by atoms with van der Waals surface area (Å²) in [7, 11) is 0. The Kier molecular flexibility index (Phi) is 3.61. The Labute approximate surface area is 100 Å². The summed E-state index contributed by atoms with van der Waals surface area (Å²) in [5.74, 6) is 0.188. The van der Waals surface area contributed by atoms with E-state index in [1.54, 1.807) is 18.3 Å². The van der Waals surface area contributed by atoms with E-state index >= 15 is 0 Å². The number of thiophene rings is 1. The molecule has 0 bridgehead atoms. The zero-order chi connectivity index (χ0) is 11.5. The van der Waals surface area contributed by atoms with Gasteiger partial charge in [-0.1, -0.05) is 6.07 Å². The van der Waals surface area contributed by atoms with Crippen molar-refractivity contribution in [3.8, 4) is 0 Å². The number of carbonyl (C=O) groups is 1. The Bertz CT molecular complexity index is 350. The summed E-state index contributed by atoms with van der Waals surface area (Å²) in [6.45, 7) is 5.57. The summed E-state index contributed by atoms with van der Waals surface area (Å²) in [5, 5.41) is 5.68. The summed E-state index contributed by atoms with van der Waals surface area (Å²) in [5.41, 5.74) is 0. The highest BCUT2D eigenvalue weighted by atomic mass is 32.1. The van der Waals surface area contributed by atoms with Crippen LogP contribution in [0.2, 0.25) is 0 Å². The van der Waals surface area contributed by atoms with Crippen LogP contribution >= 0.6 is 11.3 Å². The Morgan fingerprint density at radius 1 is 1.69 bits per heavy atom. The van der Waals surface area contributed by atoms with Gasteiger partial charge >= 0.3 is 0 Å². The number of amides is 1. The SMILES string of the molecule is CC(=O)N1CCC(NC(C)c2cccs2)C1. The van der Waals surface area contributed by atoms with E-state index in [0.29, 0.717) is 12.1 Å². The first-order valence-corrected chi connectivity index (χ1v) is 6.59. The summed E-state index contributed by atoms with van der Waals surface area (Å²) in [6, 6.07) is 5.06. The second kappa shape index (κ2) is 4.97. The molecular formula is C12H18N2OS. The molecule has 1 aliphatic heterocycles. The van der Waals surface area contributed by atoms with Crippen molar-refractivity contribution in [3.05, 3.63) is 22.4 Å². The number of nitrogens with zero attached hydrogens (tertiary/aromatic N) is 1. The van der Waals surface area contributed by atoms with E-state index in [-0.39, 0.29) is 5.91 Å². The molecule has 1 aromatic heterocycles. The average molecular weight is 238 g/mol. The topological polar surface area (TPSA) is 32.3 Å². The van der Waals surface area contributed by atoms with Crippen LogP contribution in [-0.4, -0.2) is 29.9 Å². The number of hydrogen-bond donors (Lipinski definition) is 1. The molecule has 1 fully saturated rings. The number of carbonyl (C=O) groups excluding carboxylic acids is 1. The second-order valence-corrected chi connectivity index (χ2v) is 5.33. The third-order valence-electron chi connectivity index (χ3n) is 3.09. The van der Waals surface area contributed by atoms with Crippen LogP contribution in [0.5, 0.6) is 0 Å². The summed E-state index contributed by atoms with van der Waals surface area (Å²) in [4.78, 5) is 14.5. The Balaban J connectivity index is 1.85. The molecule has 2 atom stereocenters. The molecule has 16 heavy (non-hydrogen) atoms. The Morgan fingerprint density at radius 2 is 2.50 bits per heavy atom. The minimum atomic E-state index is 0.188. The molecule has 1 saturated heterocycles. The highest BCUT2D eigenvalue weighted by molar-refractivity contribution is 7.10. The fraction of sp³-hybridized carbons (Fsp3) is 0.583. The van der Waals surface area contributed by atoms with Gasteiger partial charge in [0, 0.05) is 37.0 Å². The zero-order valence-electron chi connectivity index (χ0n) is 9.77. The summed E-state index contributed by atoms with van der Waals surface area (Å²) >= 11 is 1.78. The normalized spacial score (nSPS) is 22.4. The van der Waals surface area contributed by atoms with Gasteiger partial charge in [0.2, 0.25) is 5.91 Å². The molecule has 2 rings (SSSR count). The van der Waals surface area contributed by atoms with Crippen molar-refractivity contribution in [2.75, 3.05) is 13.1 Å². The smallest absolute Gasteiger partial charge is 0.219 e. The van der Waals surface area contributed by atoms with E-state index in [2.05, 4.69) is 29.8 Å². The molecule has 1 aliphatic rings. The van der Waals surface area contributed by atoms with Crippen LogP contribution in [0.1, 0.15) is 31.2 Å². The first-order chi connectivity index (χ1) is 7.66. The van der Waals surface area contributed by atoms with Crippen LogP contribution in [0.25, 0.3) is 0 Å². The number of likely N-dealkylation sites (tertiary alicyclic amines) is 1. The standard InChI is InChI=1S/C12H18N2OS/c1-9(12-4-3-7-16-12)13-11-5-6-14(8-11)10(2)15/h3-4,7,9,11,13H,5-6,8H2,1-2H3. The van der Waals surface area contributed by atoms with E-state index in [1.165, 1.54) is 4.88 Å². The lowest BCUT2D eigenvalue weighted by Gasteiger charge is -2.19. The molecule has 0 saturated carbocycles. The van der Waals surface area contributed by atoms with E-state index < -0.39 is 0 Å². The monoisotopic (exact) mass is 238 g/mol. The number of hydrogen-bond acceptors (Lipinski definition) is 3. The van der Waals surface area contributed by atoms with Crippen molar-refractivity contribution in [1.82, 2.24) is 10.2 Å². The Morgan fingerprint density at radius 3 is 3.06 bits per heavy atom. The largest absolute Gasteiger partial charge is 0.341 e. The molecule has 1 aromatic rings. The lowest BCUT2D eigenvalue weighted by atomic mass is 10.2. The van der Waals surface area contributed by atoms with Crippen LogP contribution in [0.15, 0.2) is 17.5 Å². The molecule has 2 heterocycles. The van der Waals surface area contributed by atoms with Gasteiger partial charge in [0.1, 0.15) is 0 Å². The summed E-state index contributed by atoms with van der Waals surface area (Å²) in [6.07, 6.45) is 1.06. The minimum absolute atomic E-state index is 0.188. The zero-order valence-corrected chi connectivity index (χ0v) is 10.6. The van der Waals surface area contributed by atoms with Gasteiger partial charge in [0.15, 0.2) is 0 Å². The first-order valence-electron chi connectivity index (χ1n) is 5.72. The molecule has 0 aliphatic carbocycles. The quantitative estimate of drug-likeness (QED) is 0.873. The van der Waals surface area contributed by atoms with Gasteiger partial charge in [-0.2, -0.15) is 0 Å². The lowest BCUT2D eigenvalue weighted by Crippen LogP contribution is -2.35. The molecule has 2 unspecified atom stereocenters. The van der Waals surface area contributed by atoms with Gasteiger partial charge in [-0.25, -0.2) is 0 Å². The van der Waals surface area contributed by atoms with Crippen LogP contribution in [0.3, 0.4) is 0 Å².